The summed E-state index contributed by atoms with van der Waals surface area (Å²) in [5.41, 5.74) is 2.92. The van der Waals surface area contributed by atoms with E-state index in [0.717, 1.165) is 27.4 Å². The monoisotopic (exact) mass is 388 g/mol. The van der Waals surface area contributed by atoms with Gasteiger partial charge in [0.05, 0.1) is 17.1 Å². The number of hydrogen-bond donors (Lipinski definition) is 2. The maximum atomic E-state index is 12.3. The zero-order valence-electron chi connectivity index (χ0n) is 14.8. The molecule has 9 heteroatoms. The first-order chi connectivity index (χ1) is 12.5. The van der Waals surface area contributed by atoms with E-state index in [1.54, 1.807) is 4.68 Å². The molecular weight excluding hydrogens is 368 g/mol. The first-order valence-corrected chi connectivity index (χ1v) is 9.99. The van der Waals surface area contributed by atoms with Gasteiger partial charge >= 0.3 is 0 Å². The summed E-state index contributed by atoms with van der Waals surface area (Å²) in [5, 5.41) is 19.4. The normalized spacial score (nSPS) is 10.7. The number of hydrogen-bond acceptors (Lipinski definition) is 7. The van der Waals surface area contributed by atoms with Gasteiger partial charge in [-0.25, -0.2) is 4.68 Å². The van der Waals surface area contributed by atoms with Crippen molar-refractivity contribution in [1.82, 2.24) is 20.0 Å². The van der Waals surface area contributed by atoms with Crippen molar-refractivity contribution < 1.29 is 4.79 Å². The zero-order valence-corrected chi connectivity index (χ0v) is 16.4. The van der Waals surface area contributed by atoms with Crippen molar-refractivity contribution in [3.63, 3.8) is 0 Å². The Hall–Kier alpha value is -2.39. The minimum atomic E-state index is -0.108. The highest BCUT2D eigenvalue weighted by atomic mass is 32.2. The molecule has 0 aliphatic carbocycles. The van der Waals surface area contributed by atoms with E-state index in [1.807, 2.05) is 51.1 Å². The van der Waals surface area contributed by atoms with Crippen LogP contribution < -0.4 is 10.6 Å². The van der Waals surface area contributed by atoms with E-state index in [4.69, 9.17) is 0 Å². The van der Waals surface area contributed by atoms with Crippen LogP contribution in [-0.2, 0) is 4.79 Å². The molecule has 7 nitrogen and oxygen atoms in total. The molecule has 0 atom stereocenters. The second-order valence-corrected chi connectivity index (χ2v) is 7.86. The fourth-order valence-corrected chi connectivity index (χ4v) is 3.89. The molecule has 0 saturated heterocycles. The number of carbonyl (C=O) groups is 1. The van der Waals surface area contributed by atoms with Gasteiger partial charge in [-0.05, 0) is 32.9 Å². The van der Waals surface area contributed by atoms with Gasteiger partial charge in [-0.3, -0.25) is 4.79 Å². The summed E-state index contributed by atoms with van der Waals surface area (Å²) in [7, 11) is 0. The van der Waals surface area contributed by atoms with Gasteiger partial charge in [-0.15, -0.1) is 10.2 Å². The predicted octanol–water partition coefficient (Wildman–Crippen LogP) is 3.50. The van der Waals surface area contributed by atoms with Gasteiger partial charge in [0.25, 0.3) is 0 Å². The largest absolute Gasteiger partial charge is 0.360 e. The maximum absolute atomic E-state index is 12.3. The molecule has 0 aliphatic heterocycles. The van der Waals surface area contributed by atoms with Crippen LogP contribution in [0.3, 0.4) is 0 Å². The number of carbonyl (C=O) groups excluding carboxylic acids is 1. The number of anilines is 2. The van der Waals surface area contributed by atoms with Crippen molar-refractivity contribution in [3.8, 4) is 5.69 Å². The van der Waals surface area contributed by atoms with Crippen molar-refractivity contribution in [3.05, 3.63) is 41.6 Å². The third-order valence-corrected chi connectivity index (χ3v) is 5.45. The highest BCUT2D eigenvalue weighted by Crippen LogP contribution is 2.25. The average molecular weight is 389 g/mol. The predicted molar refractivity (Wildman–Crippen MR) is 106 cm³/mol. The van der Waals surface area contributed by atoms with Crippen molar-refractivity contribution in [1.29, 1.82) is 0 Å². The number of thioether (sulfide) groups is 1. The van der Waals surface area contributed by atoms with E-state index in [0.29, 0.717) is 5.82 Å². The van der Waals surface area contributed by atoms with Gasteiger partial charge in [-0.2, -0.15) is 5.10 Å². The SMILES string of the molecule is CCNc1nnc(SCC(=O)Nc2cc(C)nn2-c2ccc(C)cc2)s1. The van der Waals surface area contributed by atoms with Gasteiger partial charge < -0.3 is 10.6 Å². The second-order valence-electron chi connectivity index (χ2n) is 5.66. The molecule has 0 bridgehead atoms. The molecule has 0 aliphatic rings. The van der Waals surface area contributed by atoms with Crippen molar-refractivity contribution >= 4 is 40.0 Å². The van der Waals surface area contributed by atoms with Crippen molar-refractivity contribution in [2.24, 2.45) is 0 Å². The van der Waals surface area contributed by atoms with Gasteiger partial charge in [0.15, 0.2) is 4.34 Å². The first kappa shape index (κ1) is 18.4. The molecule has 0 fully saturated rings. The summed E-state index contributed by atoms with van der Waals surface area (Å²) in [6.45, 7) is 6.73. The van der Waals surface area contributed by atoms with Crippen LogP contribution in [0, 0.1) is 13.8 Å². The Morgan fingerprint density at radius 3 is 2.73 bits per heavy atom. The van der Waals surface area contributed by atoms with Crippen molar-refractivity contribution in [2.45, 2.75) is 25.1 Å². The zero-order chi connectivity index (χ0) is 18.5. The molecule has 1 amide bonds. The van der Waals surface area contributed by atoms with Crippen molar-refractivity contribution in [2.75, 3.05) is 22.9 Å². The number of amides is 1. The molecule has 0 saturated carbocycles. The fraction of sp³-hybridized carbons (Fsp3) is 0.294. The van der Waals surface area contributed by atoms with Gasteiger partial charge in [0.1, 0.15) is 5.82 Å². The molecule has 2 N–H and O–H groups in total. The van der Waals surface area contributed by atoms with Crippen LogP contribution in [0.15, 0.2) is 34.7 Å². The molecule has 1 aromatic carbocycles. The van der Waals surface area contributed by atoms with E-state index in [-0.39, 0.29) is 11.7 Å². The third-order valence-electron chi connectivity index (χ3n) is 3.44. The van der Waals surface area contributed by atoms with Crippen LogP contribution in [0.2, 0.25) is 0 Å². The van der Waals surface area contributed by atoms with Crippen LogP contribution in [0.4, 0.5) is 10.9 Å². The van der Waals surface area contributed by atoms with E-state index < -0.39 is 0 Å². The van der Waals surface area contributed by atoms with E-state index >= 15 is 0 Å². The molecule has 2 aromatic heterocycles. The van der Waals surface area contributed by atoms with Gasteiger partial charge in [0, 0.05) is 12.6 Å². The maximum Gasteiger partial charge on any atom is 0.235 e. The Morgan fingerprint density at radius 1 is 1.23 bits per heavy atom. The Labute approximate surface area is 160 Å². The number of aryl methyl sites for hydroxylation is 2. The first-order valence-electron chi connectivity index (χ1n) is 8.19. The highest BCUT2D eigenvalue weighted by molar-refractivity contribution is 8.01. The summed E-state index contributed by atoms with van der Waals surface area (Å²) in [5.74, 6) is 0.810. The number of benzene rings is 1. The Bertz CT molecular complexity index is 887. The lowest BCUT2D eigenvalue weighted by molar-refractivity contribution is -0.113. The molecular formula is C17H20N6OS2. The van der Waals surface area contributed by atoms with Gasteiger partial charge in [-0.1, -0.05) is 40.8 Å². The summed E-state index contributed by atoms with van der Waals surface area (Å²) < 4.78 is 2.50. The van der Waals surface area contributed by atoms with E-state index in [9.17, 15) is 4.79 Å². The summed E-state index contributed by atoms with van der Waals surface area (Å²) in [6, 6.07) is 9.86. The van der Waals surface area contributed by atoms with E-state index in [2.05, 4.69) is 25.9 Å². The number of rotatable bonds is 7. The number of nitrogens with zero attached hydrogens (tertiary/aromatic N) is 4. The third kappa shape index (κ3) is 4.61. The Morgan fingerprint density at radius 2 is 2.00 bits per heavy atom. The van der Waals surface area contributed by atoms with Crippen LogP contribution in [-0.4, -0.2) is 38.2 Å². The van der Waals surface area contributed by atoms with E-state index in [1.165, 1.54) is 28.7 Å². The molecule has 0 radical (unpaired) electrons. The molecule has 0 unspecified atom stereocenters. The van der Waals surface area contributed by atoms with Crippen LogP contribution in [0.1, 0.15) is 18.2 Å². The fourth-order valence-electron chi connectivity index (χ4n) is 2.27. The quantitative estimate of drug-likeness (QED) is 0.603. The smallest absolute Gasteiger partial charge is 0.235 e. The topological polar surface area (TPSA) is 84.7 Å². The van der Waals surface area contributed by atoms with Crippen LogP contribution >= 0.6 is 23.1 Å². The average Bonchev–Trinajstić information content (AvgIpc) is 3.21. The summed E-state index contributed by atoms with van der Waals surface area (Å²) in [4.78, 5) is 12.3. The molecule has 3 aromatic rings. The molecule has 26 heavy (non-hydrogen) atoms. The van der Waals surface area contributed by atoms with Crippen LogP contribution in [0.5, 0.6) is 0 Å². The molecule has 3 rings (SSSR count). The Kier molecular flexibility index (Phi) is 5.89. The lowest BCUT2D eigenvalue weighted by Gasteiger charge is -2.08. The van der Waals surface area contributed by atoms with Gasteiger partial charge in [0.2, 0.25) is 11.0 Å². The highest BCUT2D eigenvalue weighted by Gasteiger charge is 2.12. The molecule has 2 heterocycles. The Balaban J connectivity index is 1.64. The van der Waals surface area contributed by atoms with Crippen LogP contribution in [0.25, 0.3) is 5.69 Å². The standard InChI is InChI=1S/C17H20N6OS2/c1-4-18-16-20-21-17(26-16)25-10-15(24)19-14-9-12(3)22-23(14)13-7-5-11(2)6-8-13/h5-9H,4,10H2,1-3H3,(H,18,20)(H,19,24). The minimum Gasteiger partial charge on any atom is -0.360 e. The number of nitrogens with one attached hydrogen (secondary N) is 2. The summed E-state index contributed by atoms with van der Waals surface area (Å²) >= 11 is 2.81. The second kappa shape index (κ2) is 8.33. The molecule has 0 spiro atoms. The number of aromatic nitrogens is 4. The lowest BCUT2D eigenvalue weighted by Crippen LogP contribution is -2.16. The summed E-state index contributed by atoms with van der Waals surface area (Å²) in [6.07, 6.45) is 0. The minimum absolute atomic E-state index is 0.108. The lowest BCUT2D eigenvalue weighted by atomic mass is 10.2. The molecule has 136 valence electrons.